The molecule has 3 heterocycles. The second-order valence-corrected chi connectivity index (χ2v) is 9.51. The molecular formula is C29H33ClN4O4. The summed E-state index contributed by atoms with van der Waals surface area (Å²) in [5, 5.41) is 17.0. The molecule has 8 nitrogen and oxygen atoms in total. The van der Waals surface area contributed by atoms with E-state index in [4.69, 9.17) is 4.74 Å². The molecule has 5 rings (SSSR count). The number of amides is 2. The van der Waals surface area contributed by atoms with Gasteiger partial charge in [-0.3, -0.25) is 14.6 Å². The molecule has 1 aromatic heterocycles. The molecule has 3 N–H and O–H groups in total. The van der Waals surface area contributed by atoms with Crippen molar-refractivity contribution < 1.29 is 19.4 Å². The number of rotatable bonds is 9. The van der Waals surface area contributed by atoms with Gasteiger partial charge in [0.15, 0.2) is 0 Å². The van der Waals surface area contributed by atoms with Gasteiger partial charge in [-0.25, -0.2) is 0 Å². The number of nitrogens with zero attached hydrogens (tertiary/aromatic N) is 2. The fraction of sp³-hybridized carbons (Fsp3) is 0.345. The highest BCUT2D eigenvalue weighted by atomic mass is 35.5. The Morgan fingerprint density at radius 2 is 2.03 bits per heavy atom. The monoisotopic (exact) mass is 536 g/mol. The summed E-state index contributed by atoms with van der Waals surface area (Å²) in [7, 11) is 0. The molecule has 0 aliphatic carbocycles. The molecule has 2 aromatic carbocycles. The molecule has 2 aliphatic heterocycles. The zero-order valence-corrected chi connectivity index (χ0v) is 22.2. The second-order valence-electron chi connectivity index (χ2n) is 9.51. The average molecular weight is 537 g/mol. The van der Waals surface area contributed by atoms with Gasteiger partial charge in [0.05, 0.1) is 18.3 Å². The maximum atomic E-state index is 13.2. The number of hydrogen-bond acceptors (Lipinski definition) is 6. The smallest absolute Gasteiger partial charge is 0.255 e. The van der Waals surface area contributed by atoms with E-state index in [1.165, 1.54) is 11.1 Å². The van der Waals surface area contributed by atoms with Gasteiger partial charge in [0.2, 0.25) is 0 Å². The minimum atomic E-state index is -0.744. The number of aliphatic hydroxyl groups excluding tert-OH is 1. The van der Waals surface area contributed by atoms with Gasteiger partial charge in [0.25, 0.3) is 11.8 Å². The molecule has 2 unspecified atom stereocenters. The van der Waals surface area contributed by atoms with E-state index in [9.17, 15) is 14.7 Å². The van der Waals surface area contributed by atoms with Crippen LogP contribution in [-0.4, -0.2) is 58.6 Å². The molecule has 2 aliphatic rings. The normalized spacial score (nSPS) is 16.7. The number of carbonyl (C=O) groups excluding carboxylic acids is 2. The van der Waals surface area contributed by atoms with E-state index in [-0.39, 0.29) is 36.8 Å². The third kappa shape index (κ3) is 5.99. The molecule has 0 saturated carbocycles. The van der Waals surface area contributed by atoms with Gasteiger partial charge in [-0.05, 0) is 60.2 Å². The third-order valence-corrected chi connectivity index (χ3v) is 7.07. The summed E-state index contributed by atoms with van der Waals surface area (Å²) in [5.41, 5.74) is 5.25. The molecule has 0 radical (unpaired) electrons. The molecule has 3 aromatic rings. The van der Waals surface area contributed by atoms with Crippen LogP contribution in [0.25, 0.3) is 0 Å². The van der Waals surface area contributed by atoms with E-state index >= 15 is 0 Å². The van der Waals surface area contributed by atoms with E-state index in [0.29, 0.717) is 56.0 Å². The lowest BCUT2D eigenvalue weighted by Crippen LogP contribution is -2.49. The standard InChI is InChI=1S/C29H32N4O4.ClH/c1-2-37-27-14-23-22(18-33(29(23)36)11-9-19-6-5-10-30-15-19)12-24(27)28(35)32-17-26(34)25-13-20-7-3-4-8-21(20)16-31-25;/h3-8,10,12,14-15,25-26,31,34H,2,9,11,13,16-18H2,1H3,(H,32,35);1H. The first kappa shape index (κ1) is 27.6. The molecule has 9 heteroatoms. The number of nitrogens with one attached hydrogen (secondary N) is 2. The highest BCUT2D eigenvalue weighted by Gasteiger charge is 2.31. The largest absolute Gasteiger partial charge is 0.493 e. The second kappa shape index (κ2) is 12.4. The first-order valence-electron chi connectivity index (χ1n) is 12.8. The number of aliphatic hydroxyl groups is 1. The number of benzene rings is 2. The summed E-state index contributed by atoms with van der Waals surface area (Å²) in [5.74, 6) is -0.0194. The number of halogens is 1. The van der Waals surface area contributed by atoms with E-state index < -0.39 is 6.10 Å². The lowest BCUT2D eigenvalue weighted by atomic mass is 9.93. The maximum Gasteiger partial charge on any atom is 0.255 e. The fourth-order valence-electron chi connectivity index (χ4n) is 5.03. The van der Waals surface area contributed by atoms with E-state index in [2.05, 4.69) is 27.8 Å². The fourth-order valence-corrected chi connectivity index (χ4v) is 5.03. The third-order valence-electron chi connectivity index (χ3n) is 7.07. The van der Waals surface area contributed by atoms with E-state index in [1.54, 1.807) is 29.4 Å². The molecule has 0 saturated heterocycles. The zero-order valence-electron chi connectivity index (χ0n) is 21.4. The van der Waals surface area contributed by atoms with Crippen LogP contribution in [0.1, 0.15) is 49.9 Å². The van der Waals surface area contributed by atoms with Crippen molar-refractivity contribution in [2.24, 2.45) is 0 Å². The number of pyridine rings is 1. The van der Waals surface area contributed by atoms with Crippen LogP contribution in [0.3, 0.4) is 0 Å². The van der Waals surface area contributed by atoms with E-state index in [0.717, 1.165) is 11.1 Å². The summed E-state index contributed by atoms with van der Waals surface area (Å²) < 4.78 is 5.74. The Morgan fingerprint density at radius 1 is 1.21 bits per heavy atom. The van der Waals surface area contributed by atoms with Crippen LogP contribution < -0.4 is 15.4 Å². The molecule has 200 valence electrons. The molecule has 2 amide bonds. The van der Waals surface area contributed by atoms with Crippen LogP contribution in [0.2, 0.25) is 0 Å². The minimum Gasteiger partial charge on any atom is -0.493 e. The van der Waals surface area contributed by atoms with Gasteiger partial charge in [0, 0.05) is 50.2 Å². The highest BCUT2D eigenvalue weighted by molar-refractivity contribution is 6.03. The lowest BCUT2D eigenvalue weighted by Gasteiger charge is -2.30. The molecular weight excluding hydrogens is 504 g/mol. The predicted molar refractivity (Wildman–Crippen MR) is 147 cm³/mol. The van der Waals surface area contributed by atoms with Crippen molar-refractivity contribution in [1.82, 2.24) is 20.5 Å². The van der Waals surface area contributed by atoms with Crippen molar-refractivity contribution in [2.45, 2.75) is 45.0 Å². The van der Waals surface area contributed by atoms with Gasteiger partial charge < -0.3 is 25.4 Å². The summed E-state index contributed by atoms with van der Waals surface area (Å²) in [4.78, 5) is 32.1. The topological polar surface area (TPSA) is 104 Å². The predicted octanol–water partition coefficient (Wildman–Crippen LogP) is 2.91. The Hall–Kier alpha value is -3.46. The van der Waals surface area contributed by atoms with Gasteiger partial charge in [0.1, 0.15) is 5.75 Å². The Labute approximate surface area is 228 Å². The van der Waals surface area contributed by atoms with Gasteiger partial charge in [-0.15, -0.1) is 12.4 Å². The number of fused-ring (bicyclic) bond motifs is 2. The maximum absolute atomic E-state index is 13.2. The first-order chi connectivity index (χ1) is 18.0. The summed E-state index contributed by atoms with van der Waals surface area (Å²) >= 11 is 0. The van der Waals surface area contributed by atoms with Gasteiger partial charge in [-0.2, -0.15) is 0 Å². The SMILES string of the molecule is CCOc1cc2c(cc1C(=O)NCC(O)C1Cc3ccccc3CN1)CN(CCc1cccnc1)C2=O.Cl. The van der Waals surface area contributed by atoms with Crippen molar-refractivity contribution in [3.8, 4) is 5.75 Å². The Kier molecular flexibility index (Phi) is 8.99. The van der Waals surface area contributed by atoms with Crippen LogP contribution in [0.5, 0.6) is 5.75 Å². The number of hydrogen-bond donors (Lipinski definition) is 3. The van der Waals surface area contributed by atoms with Crippen molar-refractivity contribution >= 4 is 24.2 Å². The van der Waals surface area contributed by atoms with Crippen LogP contribution in [-0.2, 0) is 25.9 Å². The summed E-state index contributed by atoms with van der Waals surface area (Å²) in [6.45, 7) is 4.01. The molecule has 0 bridgehead atoms. The Bertz CT molecular complexity index is 1290. The molecule has 38 heavy (non-hydrogen) atoms. The van der Waals surface area contributed by atoms with Crippen molar-refractivity contribution in [3.63, 3.8) is 0 Å². The van der Waals surface area contributed by atoms with E-state index in [1.807, 2.05) is 31.2 Å². The number of ether oxygens (including phenoxy) is 1. The number of carbonyl (C=O) groups is 2. The van der Waals surface area contributed by atoms with Gasteiger partial charge >= 0.3 is 0 Å². The number of aromatic nitrogens is 1. The van der Waals surface area contributed by atoms with Crippen molar-refractivity contribution in [3.05, 3.63) is 94.3 Å². The molecule has 0 fully saturated rings. The average Bonchev–Trinajstić information content (AvgIpc) is 3.24. The van der Waals surface area contributed by atoms with Crippen LogP contribution in [0, 0.1) is 0 Å². The zero-order chi connectivity index (χ0) is 25.8. The van der Waals surface area contributed by atoms with Crippen molar-refractivity contribution in [1.29, 1.82) is 0 Å². The van der Waals surface area contributed by atoms with Gasteiger partial charge in [-0.1, -0.05) is 30.3 Å². The quantitative estimate of drug-likeness (QED) is 0.388. The molecule has 0 spiro atoms. The van der Waals surface area contributed by atoms with Crippen LogP contribution in [0.4, 0.5) is 0 Å². The van der Waals surface area contributed by atoms with Crippen molar-refractivity contribution in [2.75, 3.05) is 19.7 Å². The minimum absolute atomic E-state index is 0. The Morgan fingerprint density at radius 3 is 2.79 bits per heavy atom. The lowest BCUT2D eigenvalue weighted by molar-refractivity contribution is 0.0779. The van der Waals surface area contributed by atoms with Crippen LogP contribution >= 0.6 is 12.4 Å². The Balaban J connectivity index is 0.00000336. The summed E-state index contributed by atoms with van der Waals surface area (Å²) in [6, 6.07) is 15.3. The van der Waals surface area contributed by atoms with Crippen LogP contribution in [0.15, 0.2) is 60.9 Å². The highest BCUT2D eigenvalue weighted by Crippen LogP contribution is 2.31. The summed E-state index contributed by atoms with van der Waals surface area (Å²) in [6.07, 6.45) is 4.20. The first-order valence-corrected chi connectivity index (χ1v) is 12.8. The molecule has 2 atom stereocenters.